The molecule has 2 N–H and O–H groups in total. The summed E-state index contributed by atoms with van der Waals surface area (Å²) in [5.74, 6) is 0.737. The van der Waals surface area contributed by atoms with E-state index in [-0.39, 0.29) is 6.04 Å². The van der Waals surface area contributed by atoms with E-state index in [9.17, 15) is 0 Å². The predicted molar refractivity (Wildman–Crippen MR) is 77.9 cm³/mol. The van der Waals surface area contributed by atoms with Gasteiger partial charge < -0.3 is 5.73 Å². The summed E-state index contributed by atoms with van der Waals surface area (Å²) in [4.78, 5) is 10.0. The zero-order valence-electron chi connectivity index (χ0n) is 9.49. The van der Waals surface area contributed by atoms with E-state index in [1.807, 2.05) is 12.3 Å². The van der Waals surface area contributed by atoms with E-state index in [2.05, 4.69) is 25.9 Å². The number of aromatic nitrogens is 2. The van der Waals surface area contributed by atoms with Gasteiger partial charge in [-0.15, -0.1) is 11.3 Å². The average molecular weight is 345 g/mol. The van der Waals surface area contributed by atoms with Gasteiger partial charge in [0, 0.05) is 28.0 Å². The van der Waals surface area contributed by atoms with Gasteiger partial charge in [0.15, 0.2) is 5.82 Å². The molecule has 0 fully saturated rings. The van der Waals surface area contributed by atoms with E-state index in [1.54, 1.807) is 0 Å². The Labute approximate surface area is 123 Å². The highest BCUT2D eigenvalue weighted by Gasteiger charge is 2.20. The van der Waals surface area contributed by atoms with Gasteiger partial charge in [-0.3, -0.25) is 0 Å². The highest BCUT2D eigenvalue weighted by Crippen LogP contribution is 2.37. The van der Waals surface area contributed by atoms with Crippen LogP contribution in [0.3, 0.4) is 0 Å². The molecule has 1 unspecified atom stereocenters. The summed E-state index contributed by atoms with van der Waals surface area (Å²) in [6.07, 6.45) is 4.97. The first-order chi connectivity index (χ1) is 8.65. The molecular formula is C12H11BrClN3S. The number of rotatable bonds is 1. The Balaban J connectivity index is 2.04. The Kier molecular flexibility index (Phi) is 3.40. The van der Waals surface area contributed by atoms with Crippen molar-refractivity contribution in [2.75, 3.05) is 0 Å². The van der Waals surface area contributed by atoms with Crippen LogP contribution in [0.2, 0.25) is 4.34 Å². The van der Waals surface area contributed by atoms with Crippen LogP contribution in [0, 0.1) is 0 Å². The second-order valence-electron chi connectivity index (χ2n) is 4.33. The monoisotopic (exact) mass is 343 g/mol. The largest absolute Gasteiger partial charge is 0.324 e. The van der Waals surface area contributed by atoms with Crippen LogP contribution in [0.25, 0.3) is 10.7 Å². The maximum Gasteiger partial charge on any atom is 0.169 e. The van der Waals surface area contributed by atoms with Crippen molar-refractivity contribution < 1.29 is 0 Å². The van der Waals surface area contributed by atoms with Crippen molar-refractivity contribution in [1.29, 1.82) is 0 Å². The molecule has 3 rings (SSSR count). The predicted octanol–water partition coefficient (Wildman–Crippen LogP) is 3.96. The molecule has 94 valence electrons. The van der Waals surface area contributed by atoms with Gasteiger partial charge in [-0.25, -0.2) is 9.97 Å². The zero-order valence-corrected chi connectivity index (χ0v) is 12.6. The SMILES string of the molecule is NC1CCCc2nc(-c3cc(Br)c(Cl)s3)ncc21. The fourth-order valence-corrected chi connectivity index (χ4v) is 3.80. The molecule has 0 radical (unpaired) electrons. The number of aryl methyl sites for hydroxylation is 1. The van der Waals surface area contributed by atoms with Gasteiger partial charge in [0.1, 0.15) is 4.34 Å². The molecule has 0 aliphatic heterocycles. The van der Waals surface area contributed by atoms with Crippen molar-refractivity contribution in [3.05, 3.63) is 32.3 Å². The number of halogens is 2. The number of nitrogens with zero attached hydrogens (tertiary/aromatic N) is 2. The third-order valence-electron chi connectivity index (χ3n) is 3.09. The minimum Gasteiger partial charge on any atom is -0.324 e. The molecule has 1 aliphatic rings. The molecule has 0 bridgehead atoms. The van der Waals surface area contributed by atoms with Crippen molar-refractivity contribution in [2.24, 2.45) is 5.73 Å². The molecule has 0 amide bonds. The van der Waals surface area contributed by atoms with Crippen molar-refractivity contribution in [1.82, 2.24) is 9.97 Å². The number of hydrogen-bond acceptors (Lipinski definition) is 4. The van der Waals surface area contributed by atoms with Crippen molar-refractivity contribution >= 4 is 38.9 Å². The molecule has 1 atom stereocenters. The quantitative estimate of drug-likeness (QED) is 0.852. The van der Waals surface area contributed by atoms with Crippen LogP contribution in [0.1, 0.15) is 30.1 Å². The number of hydrogen-bond donors (Lipinski definition) is 1. The lowest BCUT2D eigenvalue weighted by atomic mass is 9.93. The fourth-order valence-electron chi connectivity index (χ4n) is 2.16. The lowest BCUT2D eigenvalue weighted by Crippen LogP contribution is -2.19. The van der Waals surface area contributed by atoms with Gasteiger partial charge in [0.2, 0.25) is 0 Å². The summed E-state index contributed by atoms with van der Waals surface area (Å²) in [5, 5.41) is 0. The second-order valence-corrected chi connectivity index (χ2v) is 6.84. The van der Waals surface area contributed by atoms with Crippen LogP contribution in [0.15, 0.2) is 16.7 Å². The number of fused-ring (bicyclic) bond motifs is 1. The van der Waals surface area contributed by atoms with E-state index in [0.717, 1.165) is 50.0 Å². The minimum atomic E-state index is 0.0847. The molecule has 18 heavy (non-hydrogen) atoms. The van der Waals surface area contributed by atoms with Gasteiger partial charge in [-0.2, -0.15) is 0 Å². The van der Waals surface area contributed by atoms with Gasteiger partial charge in [-0.05, 0) is 41.3 Å². The molecule has 0 spiro atoms. The fraction of sp³-hybridized carbons (Fsp3) is 0.333. The van der Waals surface area contributed by atoms with Crippen LogP contribution >= 0.6 is 38.9 Å². The summed E-state index contributed by atoms with van der Waals surface area (Å²) >= 11 is 10.9. The van der Waals surface area contributed by atoms with Crippen LogP contribution in [-0.4, -0.2) is 9.97 Å². The molecule has 6 heteroatoms. The van der Waals surface area contributed by atoms with Gasteiger partial charge >= 0.3 is 0 Å². The Bertz CT molecular complexity index is 580. The Morgan fingerprint density at radius 2 is 2.33 bits per heavy atom. The summed E-state index contributed by atoms with van der Waals surface area (Å²) in [6.45, 7) is 0. The maximum atomic E-state index is 6.06. The standard InChI is InChI=1S/C12H11BrClN3S/c13-7-4-10(18-11(7)14)12-16-5-6-8(15)2-1-3-9(6)17-12/h4-5,8H,1-3,15H2. The lowest BCUT2D eigenvalue weighted by Gasteiger charge is -2.20. The molecule has 2 aromatic heterocycles. The lowest BCUT2D eigenvalue weighted by molar-refractivity contribution is 0.557. The highest BCUT2D eigenvalue weighted by atomic mass is 79.9. The molecular weight excluding hydrogens is 334 g/mol. The van der Waals surface area contributed by atoms with Crippen molar-refractivity contribution in [2.45, 2.75) is 25.3 Å². The maximum absolute atomic E-state index is 6.06. The van der Waals surface area contributed by atoms with Gasteiger partial charge in [0.05, 0.1) is 4.88 Å². The summed E-state index contributed by atoms with van der Waals surface area (Å²) < 4.78 is 1.62. The Hall–Kier alpha value is -0.490. The third-order valence-corrected chi connectivity index (χ3v) is 5.56. The van der Waals surface area contributed by atoms with Crippen molar-refractivity contribution in [3.8, 4) is 10.7 Å². The molecule has 0 aromatic carbocycles. The van der Waals surface area contributed by atoms with Crippen molar-refractivity contribution in [3.63, 3.8) is 0 Å². The normalized spacial score (nSPS) is 18.7. The third kappa shape index (κ3) is 2.20. The first kappa shape index (κ1) is 12.5. The van der Waals surface area contributed by atoms with Crippen LogP contribution in [0.4, 0.5) is 0 Å². The summed E-state index contributed by atoms with van der Waals surface area (Å²) in [5.41, 5.74) is 8.23. The van der Waals surface area contributed by atoms with Crippen LogP contribution in [-0.2, 0) is 6.42 Å². The number of nitrogens with two attached hydrogens (primary N) is 1. The molecule has 0 saturated heterocycles. The summed E-state index contributed by atoms with van der Waals surface area (Å²) in [6, 6.07) is 2.04. The molecule has 1 aliphatic carbocycles. The number of thiophene rings is 1. The Morgan fingerprint density at radius 3 is 3.06 bits per heavy atom. The van der Waals surface area contributed by atoms with Gasteiger partial charge in [-0.1, -0.05) is 11.6 Å². The molecule has 0 saturated carbocycles. The molecule has 3 nitrogen and oxygen atoms in total. The second kappa shape index (κ2) is 4.89. The van der Waals surface area contributed by atoms with E-state index >= 15 is 0 Å². The highest BCUT2D eigenvalue weighted by molar-refractivity contribution is 9.10. The smallest absolute Gasteiger partial charge is 0.169 e. The molecule has 2 aromatic rings. The average Bonchev–Trinajstić information content (AvgIpc) is 2.70. The molecule has 2 heterocycles. The van der Waals surface area contributed by atoms with E-state index in [0.29, 0.717) is 0 Å². The van der Waals surface area contributed by atoms with E-state index < -0.39 is 0 Å². The van der Waals surface area contributed by atoms with E-state index in [1.165, 1.54) is 11.3 Å². The summed E-state index contributed by atoms with van der Waals surface area (Å²) in [7, 11) is 0. The van der Waals surface area contributed by atoms with Crippen LogP contribution < -0.4 is 5.73 Å². The Morgan fingerprint density at radius 1 is 1.50 bits per heavy atom. The topological polar surface area (TPSA) is 51.8 Å². The van der Waals surface area contributed by atoms with Gasteiger partial charge in [0.25, 0.3) is 0 Å². The zero-order chi connectivity index (χ0) is 12.7. The first-order valence-electron chi connectivity index (χ1n) is 5.72. The van der Waals surface area contributed by atoms with E-state index in [4.69, 9.17) is 17.3 Å². The first-order valence-corrected chi connectivity index (χ1v) is 7.70. The minimum absolute atomic E-state index is 0.0847. The van der Waals surface area contributed by atoms with Crippen LogP contribution in [0.5, 0.6) is 0 Å².